The molecule has 2 fully saturated rings. The number of carbonyl (C=O) groups excluding carboxylic acids is 2. The van der Waals surface area contributed by atoms with E-state index in [4.69, 9.17) is 4.74 Å². The van der Waals surface area contributed by atoms with Crippen LogP contribution in [-0.2, 0) is 16.1 Å². The summed E-state index contributed by atoms with van der Waals surface area (Å²) in [7, 11) is 0. The molecule has 202 valence electrons. The van der Waals surface area contributed by atoms with Crippen molar-refractivity contribution >= 4 is 24.2 Å². The molecule has 2 amide bonds. The molecule has 37 heavy (non-hydrogen) atoms. The number of carbonyl (C=O) groups is 2. The fourth-order valence-electron chi connectivity index (χ4n) is 5.28. The molecule has 0 unspecified atom stereocenters. The maximum atomic E-state index is 13.4. The minimum absolute atomic E-state index is 0. The first-order valence-corrected chi connectivity index (χ1v) is 13.1. The van der Waals surface area contributed by atoms with E-state index in [1.165, 1.54) is 12.4 Å². The minimum Gasteiger partial charge on any atom is -0.619 e. The van der Waals surface area contributed by atoms with Gasteiger partial charge in [0.25, 0.3) is 0 Å². The topological polar surface area (TPSA) is 88.8 Å². The molecule has 1 aromatic heterocycles. The van der Waals surface area contributed by atoms with Gasteiger partial charge in [-0.2, -0.15) is 4.73 Å². The number of aromatic nitrogens is 1. The van der Waals surface area contributed by atoms with E-state index in [1.807, 2.05) is 29.2 Å². The third kappa shape index (κ3) is 6.73. The summed E-state index contributed by atoms with van der Waals surface area (Å²) in [5, 5.41) is 14.5. The van der Waals surface area contributed by atoms with Crippen LogP contribution in [0.25, 0.3) is 0 Å². The number of hydrogen-bond donors (Lipinski definition) is 1. The number of nitrogens with one attached hydrogen (secondary N) is 1. The monoisotopic (exact) mass is 530 g/mol. The number of halogens is 1. The Morgan fingerprint density at radius 1 is 1.14 bits per heavy atom. The van der Waals surface area contributed by atoms with Crippen molar-refractivity contribution < 1.29 is 19.1 Å². The van der Waals surface area contributed by atoms with Crippen LogP contribution < -0.4 is 14.8 Å². The van der Waals surface area contributed by atoms with E-state index < -0.39 is 11.6 Å². The zero-order valence-corrected chi connectivity index (χ0v) is 22.8. The maximum Gasteiger partial charge on any atom is 0.246 e. The van der Waals surface area contributed by atoms with Crippen LogP contribution in [0, 0.1) is 11.1 Å². The van der Waals surface area contributed by atoms with E-state index in [-0.39, 0.29) is 24.2 Å². The summed E-state index contributed by atoms with van der Waals surface area (Å²) in [5.41, 5.74) is 0.413. The lowest BCUT2D eigenvalue weighted by Gasteiger charge is -2.52. The Morgan fingerprint density at radius 3 is 2.46 bits per heavy atom. The zero-order valence-electron chi connectivity index (χ0n) is 22.0. The fourth-order valence-corrected chi connectivity index (χ4v) is 5.28. The standard InChI is InChI=1S/C28H38N4O4.ClH/c1-4-5-15-32-26(33)25(18-21(2)3)29-27(34)28(32)12-16-30(17-13-28)19-22-8-10-23(11-9-22)36-24-7-6-14-31(35)20-24;/h6-11,14,20-21,25H,4-5,12-13,15-19H2,1-3H3,(H,29,34);1H/t25-;/m0./s1. The predicted octanol–water partition coefficient (Wildman–Crippen LogP) is 4.04. The third-order valence-electron chi connectivity index (χ3n) is 7.25. The van der Waals surface area contributed by atoms with Crippen molar-refractivity contribution in [3.63, 3.8) is 0 Å². The van der Waals surface area contributed by atoms with Crippen LogP contribution in [0.4, 0.5) is 0 Å². The molecule has 2 aliphatic heterocycles. The average Bonchev–Trinajstić information content (AvgIpc) is 2.85. The Kier molecular flexibility index (Phi) is 9.79. The Balaban J connectivity index is 0.00000380. The van der Waals surface area contributed by atoms with E-state index in [2.05, 4.69) is 31.0 Å². The van der Waals surface area contributed by atoms with Crippen molar-refractivity contribution in [3.8, 4) is 11.5 Å². The summed E-state index contributed by atoms with van der Waals surface area (Å²) < 4.78 is 6.47. The molecule has 0 aliphatic carbocycles. The van der Waals surface area contributed by atoms with E-state index in [9.17, 15) is 14.8 Å². The summed E-state index contributed by atoms with van der Waals surface area (Å²) in [6.45, 7) is 9.20. The van der Waals surface area contributed by atoms with Crippen molar-refractivity contribution in [3.05, 3.63) is 59.6 Å². The first-order valence-electron chi connectivity index (χ1n) is 13.1. The molecule has 1 N–H and O–H groups in total. The molecule has 9 heteroatoms. The van der Waals surface area contributed by atoms with Gasteiger partial charge in [0.05, 0.1) is 0 Å². The van der Waals surface area contributed by atoms with Crippen LogP contribution in [0.2, 0.25) is 0 Å². The number of likely N-dealkylation sites (tertiary alicyclic amines) is 1. The van der Waals surface area contributed by atoms with Gasteiger partial charge in [0.2, 0.25) is 18.0 Å². The number of nitrogens with zero attached hydrogens (tertiary/aromatic N) is 3. The molecule has 1 atom stereocenters. The van der Waals surface area contributed by atoms with Gasteiger partial charge in [-0.3, -0.25) is 14.5 Å². The van der Waals surface area contributed by atoms with Crippen molar-refractivity contribution in [1.82, 2.24) is 15.1 Å². The van der Waals surface area contributed by atoms with E-state index in [1.54, 1.807) is 12.1 Å². The van der Waals surface area contributed by atoms with Crippen molar-refractivity contribution in [2.24, 2.45) is 5.92 Å². The SMILES string of the molecule is CCCCN1C(=O)[C@H](CC(C)C)NC(=O)C12CCN(Cc1ccc(Oc3ccc[n+]([O-])c3)cc1)CC2.Cl. The van der Waals surface area contributed by atoms with Crippen LogP contribution in [0.3, 0.4) is 0 Å². The molecule has 0 radical (unpaired) electrons. The molecule has 2 aromatic rings. The molecule has 4 rings (SSSR count). The summed E-state index contributed by atoms with van der Waals surface area (Å²) >= 11 is 0. The lowest BCUT2D eigenvalue weighted by molar-refractivity contribution is -0.605. The van der Waals surface area contributed by atoms with Gasteiger partial charge in [-0.15, -0.1) is 12.4 Å². The highest BCUT2D eigenvalue weighted by molar-refractivity contribution is 6.00. The molecular formula is C28H39ClN4O4. The first-order chi connectivity index (χ1) is 17.3. The Bertz CT molecular complexity index is 1050. The number of benzene rings is 1. The highest BCUT2D eigenvalue weighted by Crippen LogP contribution is 2.35. The highest BCUT2D eigenvalue weighted by Gasteiger charge is 2.53. The van der Waals surface area contributed by atoms with Gasteiger partial charge >= 0.3 is 0 Å². The van der Waals surface area contributed by atoms with Gasteiger partial charge in [-0.1, -0.05) is 39.3 Å². The van der Waals surface area contributed by atoms with Crippen molar-refractivity contribution in [1.29, 1.82) is 0 Å². The van der Waals surface area contributed by atoms with Crippen LogP contribution in [0.1, 0.15) is 58.4 Å². The van der Waals surface area contributed by atoms with Gasteiger partial charge in [-0.25, -0.2) is 0 Å². The smallest absolute Gasteiger partial charge is 0.246 e. The Labute approximate surface area is 226 Å². The van der Waals surface area contributed by atoms with Crippen LogP contribution >= 0.6 is 12.4 Å². The van der Waals surface area contributed by atoms with Crippen molar-refractivity contribution in [2.45, 2.75) is 71.0 Å². The number of unbranched alkanes of at least 4 members (excludes halogenated alkanes) is 1. The molecule has 1 aromatic carbocycles. The third-order valence-corrected chi connectivity index (χ3v) is 7.25. The molecular weight excluding hydrogens is 492 g/mol. The second-order valence-corrected chi connectivity index (χ2v) is 10.5. The number of pyridine rings is 1. The van der Waals surface area contributed by atoms with E-state index >= 15 is 0 Å². The van der Waals surface area contributed by atoms with Crippen LogP contribution in [0.5, 0.6) is 11.5 Å². The summed E-state index contributed by atoms with van der Waals surface area (Å²) in [4.78, 5) is 31.1. The largest absolute Gasteiger partial charge is 0.619 e. The van der Waals surface area contributed by atoms with Crippen LogP contribution in [0.15, 0.2) is 48.8 Å². The van der Waals surface area contributed by atoms with Gasteiger partial charge < -0.3 is 20.2 Å². The Hall–Kier alpha value is -2.84. The second kappa shape index (κ2) is 12.6. The van der Waals surface area contributed by atoms with Gasteiger partial charge in [0, 0.05) is 32.2 Å². The predicted molar refractivity (Wildman–Crippen MR) is 144 cm³/mol. The van der Waals surface area contributed by atoms with Crippen LogP contribution in [-0.4, -0.2) is 52.8 Å². The molecule has 1 spiro atoms. The normalized spacial score (nSPS) is 19.6. The number of hydrogen-bond acceptors (Lipinski definition) is 5. The number of piperidine rings is 1. The van der Waals surface area contributed by atoms with E-state index in [0.717, 1.165) is 38.0 Å². The van der Waals surface area contributed by atoms with Crippen molar-refractivity contribution in [2.75, 3.05) is 19.6 Å². The number of amides is 2. The number of piperazine rings is 1. The summed E-state index contributed by atoms with van der Waals surface area (Å²) in [6, 6.07) is 10.8. The molecule has 0 saturated carbocycles. The quantitative estimate of drug-likeness (QED) is 0.390. The molecule has 2 saturated heterocycles. The highest BCUT2D eigenvalue weighted by atomic mass is 35.5. The molecule has 8 nitrogen and oxygen atoms in total. The fraction of sp³-hybridized carbons (Fsp3) is 0.536. The number of ether oxygens (including phenoxy) is 1. The van der Waals surface area contributed by atoms with Gasteiger partial charge in [0.1, 0.15) is 17.3 Å². The Morgan fingerprint density at radius 2 is 1.84 bits per heavy atom. The number of rotatable bonds is 9. The average molecular weight is 531 g/mol. The molecule has 3 heterocycles. The molecule has 2 aliphatic rings. The lowest BCUT2D eigenvalue weighted by atomic mass is 9.80. The first kappa shape index (κ1) is 28.7. The zero-order chi connectivity index (χ0) is 25.7. The minimum atomic E-state index is -0.734. The van der Waals surface area contributed by atoms with E-state index in [0.29, 0.717) is 48.0 Å². The summed E-state index contributed by atoms with van der Waals surface area (Å²) in [6.07, 6.45) is 6.67. The second-order valence-electron chi connectivity index (χ2n) is 10.5. The maximum absolute atomic E-state index is 13.4. The van der Waals surface area contributed by atoms with Gasteiger partial charge in [-0.05, 0) is 55.4 Å². The summed E-state index contributed by atoms with van der Waals surface area (Å²) in [5.74, 6) is 1.61. The lowest BCUT2D eigenvalue weighted by Crippen LogP contribution is -2.73. The van der Waals surface area contributed by atoms with Gasteiger partial charge in [0.15, 0.2) is 11.9 Å². The molecule has 0 bridgehead atoms.